The summed E-state index contributed by atoms with van der Waals surface area (Å²) in [6, 6.07) is 23.3. The van der Waals surface area contributed by atoms with Crippen molar-refractivity contribution in [2.24, 2.45) is 5.73 Å². The average molecular weight is 357 g/mol. The van der Waals surface area contributed by atoms with Gasteiger partial charge in [0.25, 0.3) is 0 Å². The van der Waals surface area contributed by atoms with E-state index in [1.165, 1.54) is 0 Å². The molecule has 0 heterocycles. The van der Waals surface area contributed by atoms with Crippen LogP contribution >= 0.6 is 0 Å². The fourth-order valence-electron chi connectivity index (χ4n) is 2.75. The van der Waals surface area contributed by atoms with Gasteiger partial charge in [0.2, 0.25) is 0 Å². The predicted molar refractivity (Wildman–Crippen MR) is 112 cm³/mol. The van der Waals surface area contributed by atoms with Crippen LogP contribution in [0.4, 0.5) is 5.69 Å². The van der Waals surface area contributed by atoms with E-state index in [1.54, 1.807) is 6.07 Å². The van der Waals surface area contributed by atoms with Crippen molar-refractivity contribution in [3.05, 3.63) is 101 Å². The quantitative estimate of drug-likeness (QED) is 0.333. The molecule has 0 aliphatic rings. The Hall–Kier alpha value is -3.53. The van der Waals surface area contributed by atoms with Crippen LogP contribution in [-0.2, 0) is 13.0 Å². The van der Waals surface area contributed by atoms with Gasteiger partial charge >= 0.3 is 0 Å². The van der Waals surface area contributed by atoms with E-state index in [0.717, 1.165) is 34.5 Å². The summed E-state index contributed by atoms with van der Waals surface area (Å²) < 4.78 is 6.00. The Morgan fingerprint density at radius 3 is 2.44 bits per heavy atom. The van der Waals surface area contributed by atoms with Crippen LogP contribution in [0.3, 0.4) is 0 Å². The van der Waals surface area contributed by atoms with Gasteiger partial charge in [-0.15, -0.1) is 0 Å². The van der Waals surface area contributed by atoms with E-state index in [-0.39, 0.29) is 5.84 Å². The highest BCUT2D eigenvalue weighted by Gasteiger charge is 2.06. The van der Waals surface area contributed by atoms with Crippen LogP contribution in [0.15, 0.2) is 78.9 Å². The Bertz CT molecular complexity index is 949. The second kappa shape index (κ2) is 8.72. The van der Waals surface area contributed by atoms with Crippen molar-refractivity contribution in [1.82, 2.24) is 0 Å². The minimum Gasteiger partial charge on any atom is -0.488 e. The minimum atomic E-state index is 0.0339. The minimum absolute atomic E-state index is 0.0339. The van der Waals surface area contributed by atoms with Gasteiger partial charge in [0.05, 0.1) is 0 Å². The first-order chi connectivity index (χ1) is 13.1. The summed E-state index contributed by atoms with van der Waals surface area (Å²) in [4.78, 5) is 0. The lowest BCUT2D eigenvalue weighted by Gasteiger charge is -2.11. The standard InChI is InChI=1S/C23H23N3O/c24-21-12-5-4-9-18(21)10-6-11-19-15-20(23(25)26)13-14-22(19)27-16-17-7-2-1-3-8-17/h1-9,11-15H,10,16,24H2,(H3,25,26)/b11-6+. The van der Waals surface area contributed by atoms with Gasteiger partial charge in [-0.2, -0.15) is 0 Å². The van der Waals surface area contributed by atoms with Crippen LogP contribution in [0.2, 0.25) is 0 Å². The molecule has 0 saturated carbocycles. The van der Waals surface area contributed by atoms with Crippen molar-refractivity contribution in [1.29, 1.82) is 5.41 Å². The predicted octanol–water partition coefficient (Wildman–Crippen LogP) is 4.39. The van der Waals surface area contributed by atoms with Gasteiger partial charge in [0.1, 0.15) is 18.2 Å². The van der Waals surface area contributed by atoms with Crippen LogP contribution in [0.5, 0.6) is 5.75 Å². The normalized spacial score (nSPS) is 10.8. The maximum atomic E-state index is 7.68. The number of ether oxygens (including phenoxy) is 1. The van der Waals surface area contributed by atoms with Crippen molar-refractivity contribution < 1.29 is 4.74 Å². The number of rotatable bonds is 7. The highest BCUT2D eigenvalue weighted by molar-refractivity contribution is 5.95. The summed E-state index contributed by atoms with van der Waals surface area (Å²) in [5.74, 6) is 0.785. The molecule has 0 spiro atoms. The number of anilines is 1. The highest BCUT2D eigenvalue weighted by Crippen LogP contribution is 2.23. The van der Waals surface area contributed by atoms with E-state index < -0.39 is 0 Å². The highest BCUT2D eigenvalue weighted by atomic mass is 16.5. The van der Waals surface area contributed by atoms with E-state index >= 15 is 0 Å². The summed E-state index contributed by atoms with van der Waals surface area (Å²) in [6.45, 7) is 0.479. The number of hydrogen-bond acceptors (Lipinski definition) is 3. The number of benzene rings is 3. The van der Waals surface area contributed by atoms with E-state index in [0.29, 0.717) is 12.2 Å². The van der Waals surface area contributed by atoms with Gasteiger partial charge in [-0.1, -0.05) is 60.7 Å². The molecule has 0 aliphatic heterocycles. The summed E-state index contributed by atoms with van der Waals surface area (Å²) in [5.41, 5.74) is 16.1. The second-order valence-corrected chi connectivity index (χ2v) is 6.25. The van der Waals surface area contributed by atoms with Gasteiger partial charge in [0, 0.05) is 16.8 Å². The van der Waals surface area contributed by atoms with Crippen molar-refractivity contribution in [3.8, 4) is 5.75 Å². The fraction of sp³-hybridized carbons (Fsp3) is 0.0870. The van der Waals surface area contributed by atoms with E-state index in [4.69, 9.17) is 21.6 Å². The SMILES string of the molecule is N=C(N)c1ccc(OCc2ccccc2)c(/C=C/Cc2ccccc2N)c1. The zero-order valence-corrected chi connectivity index (χ0v) is 15.1. The Morgan fingerprint density at radius 2 is 1.70 bits per heavy atom. The molecule has 3 rings (SSSR count). The third-order valence-electron chi connectivity index (χ3n) is 4.25. The third kappa shape index (κ3) is 4.98. The van der Waals surface area contributed by atoms with E-state index in [2.05, 4.69) is 0 Å². The molecule has 0 atom stereocenters. The maximum absolute atomic E-state index is 7.68. The maximum Gasteiger partial charge on any atom is 0.127 e. The average Bonchev–Trinajstić information content (AvgIpc) is 2.69. The largest absolute Gasteiger partial charge is 0.488 e. The summed E-state index contributed by atoms with van der Waals surface area (Å²) in [6.07, 6.45) is 4.74. The van der Waals surface area contributed by atoms with Crippen LogP contribution < -0.4 is 16.2 Å². The van der Waals surface area contributed by atoms with E-state index in [1.807, 2.05) is 78.9 Å². The summed E-state index contributed by atoms with van der Waals surface area (Å²) in [7, 11) is 0. The van der Waals surface area contributed by atoms with Crippen molar-refractivity contribution in [2.75, 3.05) is 5.73 Å². The molecule has 0 amide bonds. The zero-order chi connectivity index (χ0) is 19.1. The zero-order valence-electron chi connectivity index (χ0n) is 15.1. The van der Waals surface area contributed by atoms with Crippen LogP contribution in [0, 0.1) is 5.41 Å². The summed E-state index contributed by atoms with van der Waals surface area (Å²) >= 11 is 0. The third-order valence-corrected chi connectivity index (χ3v) is 4.25. The first-order valence-corrected chi connectivity index (χ1v) is 8.78. The van der Waals surface area contributed by atoms with Crippen LogP contribution in [0.1, 0.15) is 22.3 Å². The molecule has 4 heteroatoms. The molecule has 0 saturated heterocycles. The molecule has 27 heavy (non-hydrogen) atoms. The topological polar surface area (TPSA) is 85.1 Å². The molecule has 3 aromatic rings. The number of nitrogens with two attached hydrogens (primary N) is 2. The molecular formula is C23H23N3O. The van der Waals surface area contributed by atoms with Gasteiger partial charge in [-0.05, 0) is 41.8 Å². The summed E-state index contributed by atoms with van der Waals surface area (Å²) in [5, 5.41) is 7.68. The Morgan fingerprint density at radius 1 is 0.963 bits per heavy atom. The van der Waals surface area contributed by atoms with Crippen molar-refractivity contribution in [3.63, 3.8) is 0 Å². The second-order valence-electron chi connectivity index (χ2n) is 6.25. The number of nitrogens with one attached hydrogen (secondary N) is 1. The number of hydrogen-bond donors (Lipinski definition) is 3. The smallest absolute Gasteiger partial charge is 0.127 e. The van der Waals surface area contributed by atoms with Gasteiger partial charge < -0.3 is 16.2 Å². The lowest BCUT2D eigenvalue weighted by molar-refractivity contribution is 0.305. The van der Waals surface area contributed by atoms with Gasteiger partial charge in [0.15, 0.2) is 0 Å². The Balaban J connectivity index is 1.80. The van der Waals surface area contributed by atoms with Crippen LogP contribution in [-0.4, -0.2) is 5.84 Å². The Labute approximate surface area is 159 Å². The number of para-hydroxylation sites is 1. The lowest BCUT2D eigenvalue weighted by atomic mass is 10.1. The van der Waals surface area contributed by atoms with Crippen LogP contribution in [0.25, 0.3) is 6.08 Å². The Kier molecular flexibility index (Phi) is 5.90. The molecule has 3 aromatic carbocycles. The van der Waals surface area contributed by atoms with Gasteiger partial charge in [-0.25, -0.2) is 0 Å². The molecular weight excluding hydrogens is 334 g/mol. The molecule has 0 unspecified atom stereocenters. The van der Waals surface area contributed by atoms with E-state index in [9.17, 15) is 0 Å². The molecule has 0 aromatic heterocycles. The number of allylic oxidation sites excluding steroid dienone is 1. The molecule has 136 valence electrons. The molecule has 0 fully saturated rings. The number of nitrogen functional groups attached to an aromatic ring is 2. The first-order valence-electron chi connectivity index (χ1n) is 8.78. The lowest BCUT2D eigenvalue weighted by Crippen LogP contribution is -2.11. The molecule has 0 aliphatic carbocycles. The van der Waals surface area contributed by atoms with Crippen molar-refractivity contribution >= 4 is 17.6 Å². The fourth-order valence-corrected chi connectivity index (χ4v) is 2.75. The molecule has 4 nitrogen and oxygen atoms in total. The molecule has 0 radical (unpaired) electrons. The van der Waals surface area contributed by atoms with Crippen molar-refractivity contribution in [2.45, 2.75) is 13.0 Å². The first kappa shape index (κ1) is 18.3. The number of amidine groups is 1. The van der Waals surface area contributed by atoms with Gasteiger partial charge in [-0.3, -0.25) is 5.41 Å². The monoisotopic (exact) mass is 357 g/mol. The molecule has 5 N–H and O–H groups in total. The molecule has 0 bridgehead atoms.